The number of carbonyl (C=O) groups is 4. The van der Waals surface area contributed by atoms with Crippen LogP contribution in [-0.2, 0) is 47.7 Å². The summed E-state index contributed by atoms with van der Waals surface area (Å²) in [4.78, 5) is 63.0. The second kappa shape index (κ2) is 16.8. The number of Topliss-reactive ketones (excluding diaryl/α,β-unsaturated/α-hetero) is 2. The third-order valence-electron chi connectivity index (χ3n) is 11.1. The van der Waals surface area contributed by atoms with Crippen molar-refractivity contribution in [2.45, 2.75) is 128 Å². The van der Waals surface area contributed by atoms with Gasteiger partial charge in [0.2, 0.25) is 0 Å². The number of oxime groups is 1. The van der Waals surface area contributed by atoms with Crippen molar-refractivity contribution in [3.63, 3.8) is 0 Å². The number of aliphatic hydroxyl groups excluding tert-OH is 1. The summed E-state index contributed by atoms with van der Waals surface area (Å²) in [5.74, 6) is -9.40. The molecule has 2 unspecified atom stereocenters. The van der Waals surface area contributed by atoms with E-state index in [-0.39, 0.29) is 43.0 Å². The Balaban J connectivity index is 2.20. The van der Waals surface area contributed by atoms with Crippen LogP contribution in [0, 0.1) is 29.6 Å². The first-order valence-corrected chi connectivity index (χ1v) is 19.3. The molecule has 3 aliphatic rings. The highest BCUT2D eigenvalue weighted by Gasteiger charge is 2.63. The number of nitrogens with two attached hydrogens (primary N) is 1. The highest BCUT2D eigenvalue weighted by molar-refractivity contribution is 7.36. The molecule has 292 valence electrons. The van der Waals surface area contributed by atoms with Crippen LogP contribution < -0.4 is 5.73 Å². The van der Waals surface area contributed by atoms with Crippen molar-refractivity contribution in [2.75, 3.05) is 34.2 Å². The van der Waals surface area contributed by atoms with Gasteiger partial charge in [-0.2, -0.15) is 0 Å². The van der Waals surface area contributed by atoms with Crippen LogP contribution in [0.15, 0.2) is 5.16 Å². The molecular formula is C35H59FN3O11P. The molecule has 16 heteroatoms. The normalized spacial score (nSPS) is 43.6. The van der Waals surface area contributed by atoms with Crippen LogP contribution >= 0.6 is 8.58 Å². The van der Waals surface area contributed by atoms with Crippen LogP contribution in [0.25, 0.3) is 0 Å². The maximum atomic E-state index is 16.7. The molecule has 0 aliphatic carbocycles. The lowest BCUT2D eigenvalue weighted by atomic mass is 9.67. The Morgan fingerprint density at radius 1 is 1.12 bits per heavy atom. The number of likely N-dealkylation sites (N-methyl/N-ethyl adjacent to an activating group) is 1. The van der Waals surface area contributed by atoms with Crippen molar-refractivity contribution in [1.82, 2.24) is 4.90 Å². The molecule has 14 nitrogen and oxygen atoms in total. The predicted octanol–water partition coefficient (Wildman–Crippen LogP) is 2.81. The number of hydrogen-bond donors (Lipinski definition) is 2. The molecule has 0 saturated carbocycles. The molecule has 3 fully saturated rings. The number of hydrogen-bond acceptors (Lipinski definition) is 13. The van der Waals surface area contributed by atoms with Gasteiger partial charge >= 0.3 is 11.9 Å². The molecule has 3 heterocycles. The Morgan fingerprint density at radius 2 is 1.75 bits per heavy atom. The number of fused-ring (bicyclic) bond motifs is 1. The summed E-state index contributed by atoms with van der Waals surface area (Å²) in [7, 11) is 5.38. The molecule has 0 bridgehead atoms. The molecule has 51 heavy (non-hydrogen) atoms. The second-order valence-corrected chi connectivity index (χ2v) is 16.1. The molecule has 0 amide bonds. The van der Waals surface area contributed by atoms with Gasteiger partial charge in [0.15, 0.2) is 23.5 Å². The minimum atomic E-state index is -3.20. The summed E-state index contributed by atoms with van der Waals surface area (Å²) < 4.78 is 46.8. The fourth-order valence-corrected chi connectivity index (χ4v) is 8.37. The lowest BCUT2D eigenvalue weighted by Crippen LogP contribution is -2.61. The lowest BCUT2D eigenvalue weighted by molar-refractivity contribution is -0.295. The first-order chi connectivity index (χ1) is 23.6. The number of rotatable bonds is 9. The third kappa shape index (κ3) is 8.59. The number of cyclic esters (lactones) is 1. The van der Waals surface area contributed by atoms with E-state index in [1.165, 1.54) is 21.0 Å². The van der Waals surface area contributed by atoms with Gasteiger partial charge in [-0.15, -0.1) is 0 Å². The summed E-state index contributed by atoms with van der Waals surface area (Å²) in [5, 5.41) is 15.3. The van der Waals surface area contributed by atoms with Crippen LogP contribution in [0.1, 0.15) is 74.7 Å². The Morgan fingerprint density at radius 3 is 2.29 bits per heavy atom. The number of carbonyl (C=O) groups excluding carboxylic acids is 4. The largest absolute Gasteiger partial charge is 0.455 e. The van der Waals surface area contributed by atoms with Crippen LogP contribution in [0.2, 0.25) is 0 Å². The van der Waals surface area contributed by atoms with Crippen molar-refractivity contribution in [3.8, 4) is 0 Å². The third-order valence-corrected chi connectivity index (χ3v) is 11.5. The zero-order valence-electron chi connectivity index (χ0n) is 32.1. The highest BCUT2D eigenvalue weighted by atomic mass is 31.1. The number of ether oxygens (including phenoxy) is 5. The van der Waals surface area contributed by atoms with Crippen molar-refractivity contribution in [1.29, 1.82) is 0 Å². The van der Waals surface area contributed by atoms with Gasteiger partial charge in [-0.25, -0.2) is 9.18 Å². The van der Waals surface area contributed by atoms with Crippen molar-refractivity contribution in [3.05, 3.63) is 0 Å². The number of halogens is 1. The summed E-state index contributed by atoms with van der Waals surface area (Å²) in [5.41, 5.74) is -0.0249. The van der Waals surface area contributed by atoms with E-state index in [0.29, 0.717) is 15.0 Å². The first kappa shape index (κ1) is 43.1. The lowest BCUT2D eigenvalue weighted by Gasteiger charge is -2.47. The zero-order chi connectivity index (χ0) is 38.8. The minimum Gasteiger partial charge on any atom is -0.455 e. The Bertz CT molecular complexity index is 1320. The Kier molecular flexibility index (Phi) is 14.2. The van der Waals surface area contributed by atoms with Gasteiger partial charge in [0.1, 0.15) is 30.3 Å². The van der Waals surface area contributed by atoms with Crippen molar-refractivity contribution >= 4 is 37.9 Å². The molecular weight excluding hydrogens is 688 g/mol. The maximum absolute atomic E-state index is 16.7. The molecule has 0 aromatic heterocycles. The van der Waals surface area contributed by atoms with Crippen LogP contribution in [0.3, 0.4) is 0 Å². The van der Waals surface area contributed by atoms with Crippen molar-refractivity contribution in [2.24, 2.45) is 40.5 Å². The van der Waals surface area contributed by atoms with Crippen LogP contribution in [0.4, 0.5) is 4.39 Å². The Labute approximate surface area is 302 Å². The van der Waals surface area contributed by atoms with E-state index in [1.807, 2.05) is 32.6 Å². The van der Waals surface area contributed by atoms with Crippen LogP contribution in [0.5, 0.6) is 0 Å². The average Bonchev–Trinajstić information content (AvgIpc) is 3.35. The van der Waals surface area contributed by atoms with Crippen molar-refractivity contribution < 1.29 is 57.2 Å². The second-order valence-electron chi connectivity index (χ2n) is 15.2. The van der Waals surface area contributed by atoms with Gasteiger partial charge in [-0.3, -0.25) is 14.4 Å². The maximum Gasteiger partial charge on any atom is 0.351 e. The fraction of sp³-hybridized carbons (Fsp3) is 0.857. The monoisotopic (exact) mass is 747 g/mol. The van der Waals surface area contributed by atoms with E-state index in [4.69, 9.17) is 34.3 Å². The van der Waals surface area contributed by atoms with E-state index < -0.39 is 88.8 Å². The molecule has 3 N–H and O–H groups in total. The number of aliphatic hydroxyl groups is 1. The quantitative estimate of drug-likeness (QED) is 0.0668. The minimum absolute atomic E-state index is 0.0369. The SMILES string of the molecule is CC[C@@H]1OC(=O)[C@@](C)(F)C(=O)[C@H](C)[C@@H](OC2O[C@H](C)C[C@H](N(C)C)[C@H]2O)[C@](C)(OC)C[C@@H](C)C(=O)[C@H](C)[C@H]2[C@H](/C(N)=N/OCPC)C(=O)O[C@]21C. The number of methoxy groups -OCH3 is 1. The van der Waals surface area contributed by atoms with Crippen LogP contribution in [-0.4, -0.2) is 127 Å². The topological polar surface area (TPSA) is 186 Å². The van der Waals surface area contributed by atoms with E-state index in [0.717, 1.165) is 6.92 Å². The number of amidine groups is 1. The van der Waals surface area contributed by atoms with Gasteiger partial charge in [0, 0.05) is 36.8 Å². The van der Waals surface area contributed by atoms with E-state index >= 15 is 4.39 Å². The summed E-state index contributed by atoms with van der Waals surface area (Å²) in [6.45, 7) is 14.0. The van der Waals surface area contributed by atoms with E-state index in [9.17, 15) is 24.3 Å². The highest BCUT2D eigenvalue weighted by Crippen LogP contribution is 2.48. The number of ketones is 2. The molecule has 0 aromatic rings. The molecule has 0 spiro atoms. The smallest absolute Gasteiger partial charge is 0.351 e. The summed E-state index contributed by atoms with van der Waals surface area (Å²) in [6.07, 6.45) is -4.63. The van der Waals surface area contributed by atoms with Gasteiger partial charge in [-0.1, -0.05) is 41.4 Å². The predicted molar refractivity (Wildman–Crippen MR) is 188 cm³/mol. The van der Waals surface area contributed by atoms with Gasteiger partial charge < -0.3 is 44.3 Å². The summed E-state index contributed by atoms with van der Waals surface area (Å²) >= 11 is 0. The molecule has 3 rings (SSSR count). The van der Waals surface area contributed by atoms with Gasteiger partial charge in [0.05, 0.1) is 17.8 Å². The van der Waals surface area contributed by atoms with Gasteiger partial charge in [-0.05, 0) is 67.7 Å². The van der Waals surface area contributed by atoms with Gasteiger partial charge in [0.25, 0.3) is 5.67 Å². The first-order valence-electron chi connectivity index (χ1n) is 17.6. The standard InChI is InChI=1S/C35H59FN3O11P/c1-13-22-35(8)24(23(30(43)50-35)29(37)38-46-16-51-12)19(4)25(40)17(2)15-33(6,45-11)28(20(5)27(42)34(7,36)32(44)48-22)49-31-26(41)21(39(9)10)14-18(3)47-31/h17-24,26,28,31,41,51H,13-16H2,1-12H3,(H2,37,38)/t17-,18-,19-,20+,21+,22+,23-,24+,26-,28-,31?,33-,34+,35+/m1/s1. The number of alkyl halides is 1. The summed E-state index contributed by atoms with van der Waals surface area (Å²) in [6, 6.07) is -0.367. The molecule has 3 aliphatic heterocycles. The van der Waals surface area contributed by atoms with E-state index in [1.54, 1.807) is 27.7 Å². The fourth-order valence-electron chi connectivity index (χ4n) is 8.18. The Hall–Kier alpha value is -2.29. The average molecular weight is 748 g/mol. The zero-order valence-corrected chi connectivity index (χ0v) is 33.1. The molecule has 0 aromatic carbocycles. The molecule has 0 radical (unpaired) electrons. The number of esters is 2. The molecule has 15 atom stereocenters. The number of nitrogens with zero attached hydrogens (tertiary/aromatic N) is 2. The molecule has 3 saturated heterocycles. The van der Waals surface area contributed by atoms with E-state index in [2.05, 4.69) is 5.16 Å².